The molecule has 1 fully saturated rings. The second-order valence-electron chi connectivity index (χ2n) is 5.35. The van der Waals surface area contributed by atoms with Crippen LogP contribution in [0, 0.1) is 0 Å². The van der Waals surface area contributed by atoms with Gasteiger partial charge in [-0.25, -0.2) is 0 Å². The zero-order valence-electron chi connectivity index (χ0n) is 12.8. The lowest BCUT2D eigenvalue weighted by molar-refractivity contribution is -0.122. The molecule has 0 atom stereocenters. The molecule has 2 rings (SSSR count). The largest absolute Gasteiger partial charge is 0.480 e. The lowest BCUT2D eigenvalue weighted by Gasteiger charge is -2.29. The standard InChI is InChI=1S/C15H22BrN3O3/c1-21-14-9-17-10-15(19-14)22-12-6-4-11(5-7-12)18-13(20)3-2-8-16/h9-12H,2-8H2,1H3,(H,18,20). The molecule has 1 aliphatic carbocycles. The fourth-order valence-corrected chi connectivity index (χ4v) is 2.79. The average Bonchev–Trinajstić information content (AvgIpc) is 2.55. The Kier molecular flexibility index (Phi) is 6.89. The van der Waals surface area contributed by atoms with E-state index in [1.54, 1.807) is 19.5 Å². The molecule has 0 radical (unpaired) electrons. The topological polar surface area (TPSA) is 73.3 Å². The van der Waals surface area contributed by atoms with E-state index in [0.29, 0.717) is 18.2 Å². The van der Waals surface area contributed by atoms with Gasteiger partial charge in [-0.05, 0) is 32.1 Å². The third-order valence-corrected chi connectivity index (χ3v) is 4.22. The lowest BCUT2D eigenvalue weighted by atomic mass is 9.93. The van der Waals surface area contributed by atoms with Crippen LogP contribution in [-0.2, 0) is 4.79 Å². The van der Waals surface area contributed by atoms with Crippen molar-refractivity contribution in [2.24, 2.45) is 0 Å². The highest BCUT2D eigenvalue weighted by Crippen LogP contribution is 2.23. The third kappa shape index (κ3) is 5.44. The van der Waals surface area contributed by atoms with Crippen LogP contribution in [0.1, 0.15) is 38.5 Å². The summed E-state index contributed by atoms with van der Waals surface area (Å²) >= 11 is 3.34. The fraction of sp³-hybridized carbons (Fsp3) is 0.667. The van der Waals surface area contributed by atoms with E-state index in [0.717, 1.165) is 37.4 Å². The molecule has 1 aliphatic rings. The molecule has 0 bridgehead atoms. The molecule has 0 unspecified atom stereocenters. The Balaban J connectivity index is 1.73. The van der Waals surface area contributed by atoms with Gasteiger partial charge in [0.2, 0.25) is 17.7 Å². The van der Waals surface area contributed by atoms with Gasteiger partial charge in [-0.3, -0.25) is 9.78 Å². The number of hydrogen-bond acceptors (Lipinski definition) is 5. The highest BCUT2D eigenvalue weighted by atomic mass is 79.9. The third-order valence-electron chi connectivity index (χ3n) is 3.66. The van der Waals surface area contributed by atoms with Gasteiger partial charge in [0, 0.05) is 17.8 Å². The van der Waals surface area contributed by atoms with Crippen molar-refractivity contribution in [3.05, 3.63) is 12.4 Å². The van der Waals surface area contributed by atoms with Crippen LogP contribution < -0.4 is 14.8 Å². The molecule has 1 heterocycles. The Bertz CT molecular complexity index is 479. The number of carbonyl (C=O) groups is 1. The Morgan fingerprint density at radius 3 is 2.73 bits per heavy atom. The first kappa shape index (κ1) is 17.0. The first-order valence-electron chi connectivity index (χ1n) is 7.59. The number of nitrogens with zero attached hydrogens (tertiary/aromatic N) is 2. The molecular weight excluding hydrogens is 350 g/mol. The van der Waals surface area contributed by atoms with Crippen molar-refractivity contribution < 1.29 is 14.3 Å². The number of carbonyl (C=O) groups excluding carboxylic acids is 1. The van der Waals surface area contributed by atoms with Crippen molar-refractivity contribution in [1.82, 2.24) is 15.3 Å². The van der Waals surface area contributed by atoms with Crippen LogP contribution in [0.2, 0.25) is 0 Å². The number of nitrogens with one attached hydrogen (secondary N) is 1. The van der Waals surface area contributed by atoms with E-state index in [-0.39, 0.29) is 18.1 Å². The second-order valence-corrected chi connectivity index (χ2v) is 6.14. The summed E-state index contributed by atoms with van der Waals surface area (Å²) in [6.07, 6.45) is 8.40. The minimum Gasteiger partial charge on any atom is -0.480 e. The van der Waals surface area contributed by atoms with Gasteiger partial charge in [0.25, 0.3) is 0 Å². The molecule has 0 saturated heterocycles. The number of amides is 1. The molecule has 0 aliphatic heterocycles. The summed E-state index contributed by atoms with van der Waals surface area (Å²) in [5.74, 6) is 1.08. The molecule has 1 aromatic heterocycles. The maximum Gasteiger partial charge on any atom is 0.235 e. The zero-order valence-corrected chi connectivity index (χ0v) is 14.3. The first-order valence-corrected chi connectivity index (χ1v) is 8.71. The molecule has 1 saturated carbocycles. The quantitative estimate of drug-likeness (QED) is 0.745. The predicted octanol–water partition coefficient (Wildman–Crippen LogP) is 2.47. The van der Waals surface area contributed by atoms with Crippen molar-refractivity contribution in [3.8, 4) is 11.8 Å². The molecule has 0 spiro atoms. The maximum absolute atomic E-state index is 11.7. The van der Waals surface area contributed by atoms with E-state index in [4.69, 9.17) is 9.47 Å². The van der Waals surface area contributed by atoms with Crippen molar-refractivity contribution >= 4 is 21.8 Å². The molecule has 1 N–H and O–H groups in total. The van der Waals surface area contributed by atoms with Crippen molar-refractivity contribution in [3.63, 3.8) is 0 Å². The predicted molar refractivity (Wildman–Crippen MR) is 86.4 cm³/mol. The van der Waals surface area contributed by atoms with Gasteiger partial charge in [0.1, 0.15) is 6.10 Å². The Labute approximate surface area is 139 Å². The van der Waals surface area contributed by atoms with Crippen molar-refractivity contribution in [2.45, 2.75) is 50.7 Å². The summed E-state index contributed by atoms with van der Waals surface area (Å²) in [6, 6.07) is 0.263. The molecule has 122 valence electrons. The SMILES string of the molecule is COc1cncc(OC2CCC(NC(=O)CCCBr)CC2)n1. The second kappa shape index (κ2) is 8.92. The Morgan fingerprint density at radius 1 is 1.32 bits per heavy atom. The van der Waals surface area contributed by atoms with Gasteiger partial charge in [-0.1, -0.05) is 15.9 Å². The van der Waals surface area contributed by atoms with Crippen LogP contribution in [0.4, 0.5) is 0 Å². The summed E-state index contributed by atoms with van der Waals surface area (Å²) in [4.78, 5) is 20.0. The van der Waals surface area contributed by atoms with Gasteiger partial charge < -0.3 is 14.8 Å². The van der Waals surface area contributed by atoms with Gasteiger partial charge in [-0.15, -0.1) is 0 Å². The Hall–Kier alpha value is -1.37. The zero-order chi connectivity index (χ0) is 15.8. The number of alkyl halides is 1. The number of aromatic nitrogens is 2. The molecule has 0 aromatic carbocycles. The number of halogens is 1. The smallest absolute Gasteiger partial charge is 0.235 e. The number of hydrogen-bond donors (Lipinski definition) is 1. The van der Waals surface area contributed by atoms with Crippen LogP contribution >= 0.6 is 15.9 Å². The summed E-state index contributed by atoms with van der Waals surface area (Å²) in [6.45, 7) is 0. The van der Waals surface area contributed by atoms with E-state index in [1.165, 1.54) is 0 Å². The van der Waals surface area contributed by atoms with Gasteiger partial charge in [0.05, 0.1) is 19.5 Å². The summed E-state index contributed by atoms with van der Waals surface area (Å²) in [5.41, 5.74) is 0. The summed E-state index contributed by atoms with van der Waals surface area (Å²) in [7, 11) is 1.55. The Morgan fingerprint density at radius 2 is 2.05 bits per heavy atom. The first-order chi connectivity index (χ1) is 10.7. The number of ether oxygens (including phenoxy) is 2. The number of methoxy groups -OCH3 is 1. The van der Waals surface area contributed by atoms with Crippen molar-refractivity contribution in [2.75, 3.05) is 12.4 Å². The molecule has 1 aromatic rings. The van der Waals surface area contributed by atoms with E-state index in [1.807, 2.05) is 0 Å². The molecule has 7 heteroatoms. The monoisotopic (exact) mass is 371 g/mol. The van der Waals surface area contributed by atoms with Crippen LogP contribution in [0.5, 0.6) is 11.8 Å². The van der Waals surface area contributed by atoms with Gasteiger partial charge in [-0.2, -0.15) is 4.98 Å². The highest BCUT2D eigenvalue weighted by Gasteiger charge is 2.23. The minimum atomic E-state index is 0.122. The van der Waals surface area contributed by atoms with Crippen LogP contribution in [0.15, 0.2) is 12.4 Å². The van der Waals surface area contributed by atoms with Crippen LogP contribution in [-0.4, -0.2) is 40.5 Å². The minimum absolute atomic E-state index is 0.122. The maximum atomic E-state index is 11.7. The highest BCUT2D eigenvalue weighted by molar-refractivity contribution is 9.09. The van der Waals surface area contributed by atoms with Crippen molar-refractivity contribution in [1.29, 1.82) is 0 Å². The van der Waals surface area contributed by atoms with Crippen LogP contribution in [0.25, 0.3) is 0 Å². The number of rotatable bonds is 7. The molecule has 1 amide bonds. The average molecular weight is 372 g/mol. The fourth-order valence-electron chi connectivity index (χ4n) is 2.51. The van der Waals surface area contributed by atoms with Crippen LogP contribution in [0.3, 0.4) is 0 Å². The van der Waals surface area contributed by atoms with Gasteiger partial charge >= 0.3 is 0 Å². The molecular formula is C15H22BrN3O3. The lowest BCUT2D eigenvalue weighted by Crippen LogP contribution is -2.39. The van der Waals surface area contributed by atoms with E-state index >= 15 is 0 Å². The van der Waals surface area contributed by atoms with E-state index in [9.17, 15) is 4.79 Å². The van der Waals surface area contributed by atoms with Gasteiger partial charge in [0.15, 0.2) is 0 Å². The molecule has 22 heavy (non-hydrogen) atoms. The summed E-state index contributed by atoms with van der Waals surface area (Å²) in [5, 5.41) is 3.96. The normalized spacial score (nSPS) is 21.2. The summed E-state index contributed by atoms with van der Waals surface area (Å²) < 4.78 is 10.9. The molecule has 6 nitrogen and oxygen atoms in total. The van der Waals surface area contributed by atoms with E-state index in [2.05, 4.69) is 31.2 Å². The van der Waals surface area contributed by atoms with E-state index < -0.39 is 0 Å².